The lowest BCUT2D eigenvalue weighted by Gasteiger charge is -2.28. The molecule has 0 N–H and O–H groups in total. The Balaban J connectivity index is 4.56. The molecule has 0 saturated carbocycles. The lowest BCUT2D eigenvalue weighted by atomic mass is 9.76. The van der Waals surface area contributed by atoms with Crippen LogP contribution in [0.3, 0.4) is 0 Å². The van der Waals surface area contributed by atoms with Crippen molar-refractivity contribution in [2.24, 2.45) is 17.3 Å². The maximum Gasteiger partial charge on any atom is 0.245 e. The fourth-order valence-corrected chi connectivity index (χ4v) is 3.29. The van der Waals surface area contributed by atoms with Gasteiger partial charge in [0.1, 0.15) is 0 Å². The average Bonchev–Trinajstić information content (AvgIpc) is 2.68. The second-order valence-electron chi connectivity index (χ2n) is 7.81. The summed E-state index contributed by atoms with van der Waals surface area (Å²) in [4.78, 5) is 37.3. The second-order valence-corrected chi connectivity index (χ2v) is 7.81. The van der Waals surface area contributed by atoms with Crippen molar-refractivity contribution in [3.8, 4) is 0 Å². The zero-order valence-corrected chi connectivity index (χ0v) is 17.6. The van der Waals surface area contributed by atoms with Gasteiger partial charge in [-0.1, -0.05) is 59.8 Å². The normalized spacial score (nSPS) is 15.1. The Morgan fingerprint density at radius 2 is 1.56 bits per heavy atom. The molecule has 0 rings (SSSR count). The lowest BCUT2D eigenvalue weighted by molar-refractivity contribution is -0.125. The van der Waals surface area contributed by atoms with Gasteiger partial charge < -0.3 is 4.90 Å². The molecular weight excluding hydrogens is 338 g/mol. The largest absolute Gasteiger partial charge is 0.342 e. The van der Waals surface area contributed by atoms with Crippen LogP contribution >= 0.6 is 0 Å². The van der Waals surface area contributed by atoms with Crippen molar-refractivity contribution in [3.05, 3.63) is 38.0 Å². The van der Waals surface area contributed by atoms with Crippen molar-refractivity contribution in [3.63, 3.8) is 0 Å². The van der Waals surface area contributed by atoms with Gasteiger partial charge in [-0.15, -0.1) is 0 Å². The van der Waals surface area contributed by atoms with E-state index in [-0.39, 0.29) is 23.4 Å². The maximum atomic E-state index is 12.4. The van der Waals surface area contributed by atoms with E-state index in [2.05, 4.69) is 26.7 Å². The summed E-state index contributed by atoms with van der Waals surface area (Å²) in [5.41, 5.74) is -0.453. The number of amides is 1. The molecule has 0 radical (unpaired) electrons. The van der Waals surface area contributed by atoms with Crippen molar-refractivity contribution in [2.45, 2.75) is 59.3 Å². The standard InChI is InChI=1S/C23H37NO3/c1-8-20(25)19(5)18(4)14-11-12-15-23(6,21(26)9-2)16-13-17-24(7)22(27)10-3/h8-10,18-19H,1-3,11-17H2,4-7H3/t18-,19?,23?/m1/s1. The van der Waals surface area contributed by atoms with E-state index in [0.717, 1.165) is 32.1 Å². The van der Waals surface area contributed by atoms with Gasteiger partial charge in [0.2, 0.25) is 5.91 Å². The number of carbonyl (C=O) groups is 3. The molecule has 0 aromatic heterocycles. The third-order valence-electron chi connectivity index (χ3n) is 5.69. The Morgan fingerprint density at radius 1 is 0.963 bits per heavy atom. The Morgan fingerprint density at radius 3 is 2.07 bits per heavy atom. The highest BCUT2D eigenvalue weighted by Crippen LogP contribution is 2.32. The van der Waals surface area contributed by atoms with Crippen LogP contribution in [0.25, 0.3) is 0 Å². The van der Waals surface area contributed by atoms with E-state index < -0.39 is 5.41 Å². The molecule has 27 heavy (non-hydrogen) atoms. The number of allylic oxidation sites excluding steroid dienone is 2. The molecule has 0 aliphatic heterocycles. The van der Waals surface area contributed by atoms with Crippen molar-refractivity contribution in [1.29, 1.82) is 0 Å². The number of hydrogen-bond acceptors (Lipinski definition) is 3. The van der Waals surface area contributed by atoms with E-state index in [0.29, 0.717) is 18.9 Å². The highest BCUT2D eigenvalue weighted by atomic mass is 16.2. The SMILES string of the molecule is C=CC(=O)C(C)[C@H](C)CCCCC(C)(CCCN(C)C(=O)C=C)C(=O)C=C. The van der Waals surface area contributed by atoms with E-state index in [9.17, 15) is 14.4 Å². The maximum absolute atomic E-state index is 12.4. The highest BCUT2D eigenvalue weighted by Gasteiger charge is 2.30. The number of hydrogen-bond donors (Lipinski definition) is 0. The minimum atomic E-state index is -0.453. The van der Waals surface area contributed by atoms with E-state index in [1.807, 2.05) is 13.8 Å². The van der Waals surface area contributed by atoms with Crippen molar-refractivity contribution in [2.75, 3.05) is 13.6 Å². The summed E-state index contributed by atoms with van der Waals surface area (Å²) in [6.45, 7) is 17.3. The predicted molar refractivity (Wildman–Crippen MR) is 112 cm³/mol. The molecule has 152 valence electrons. The third-order valence-corrected chi connectivity index (χ3v) is 5.69. The Kier molecular flexibility index (Phi) is 11.5. The molecular formula is C23H37NO3. The quantitative estimate of drug-likeness (QED) is 0.306. The van der Waals surface area contributed by atoms with Crippen LogP contribution in [0.2, 0.25) is 0 Å². The first-order valence-corrected chi connectivity index (χ1v) is 9.83. The van der Waals surface area contributed by atoms with Crippen LogP contribution < -0.4 is 0 Å². The molecule has 1 amide bonds. The molecule has 4 heteroatoms. The first-order valence-electron chi connectivity index (χ1n) is 9.83. The van der Waals surface area contributed by atoms with Gasteiger partial charge in [-0.05, 0) is 43.4 Å². The minimum Gasteiger partial charge on any atom is -0.342 e. The first kappa shape index (κ1) is 25.0. The van der Waals surface area contributed by atoms with Crippen molar-refractivity contribution in [1.82, 2.24) is 4.90 Å². The molecule has 0 bridgehead atoms. The average molecular weight is 376 g/mol. The number of unbranched alkanes of at least 4 members (excludes halogenated alkanes) is 1. The number of carbonyl (C=O) groups excluding carboxylic acids is 3. The zero-order valence-electron chi connectivity index (χ0n) is 17.6. The van der Waals surface area contributed by atoms with Crippen LogP contribution in [0.1, 0.15) is 59.3 Å². The van der Waals surface area contributed by atoms with Gasteiger partial charge in [0.05, 0.1) is 0 Å². The Labute approximate surface area is 165 Å². The summed E-state index contributed by atoms with van der Waals surface area (Å²) >= 11 is 0. The predicted octanol–water partition coefficient (Wildman–Crippen LogP) is 4.76. The van der Waals surface area contributed by atoms with Gasteiger partial charge in [0.15, 0.2) is 11.6 Å². The van der Waals surface area contributed by atoms with Crippen LogP contribution in [0, 0.1) is 17.3 Å². The monoisotopic (exact) mass is 375 g/mol. The lowest BCUT2D eigenvalue weighted by Crippen LogP contribution is -2.30. The fraction of sp³-hybridized carbons (Fsp3) is 0.609. The van der Waals surface area contributed by atoms with Crippen LogP contribution in [0.5, 0.6) is 0 Å². The van der Waals surface area contributed by atoms with E-state index in [1.165, 1.54) is 18.2 Å². The minimum absolute atomic E-state index is 0.0124. The summed E-state index contributed by atoms with van der Waals surface area (Å²) in [6, 6.07) is 0. The third kappa shape index (κ3) is 8.51. The Bertz CT molecular complexity index is 552. The van der Waals surface area contributed by atoms with Crippen LogP contribution in [-0.2, 0) is 14.4 Å². The van der Waals surface area contributed by atoms with Gasteiger partial charge in [-0.25, -0.2) is 0 Å². The molecule has 0 fully saturated rings. The summed E-state index contributed by atoms with van der Waals surface area (Å²) < 4.78 is 0. The fourth-order valence-electron chi connectivity index (χ4n) is 3.29. The van der Waals surface area contributed by atoms with Gasteiger partial charge in [-0.2, -0.15) is 0 Å². The molecule has 2 unspecified atom stereocenters. The smallest absolute Gasteiger partial charge is 0.245 e. The second kappa shape index (κ2) is 12.4. The Hall–Kier alpha value is -1.97. The van der Waals surface area contributed by atoms with Gasteiger partial charge in [-0.3, -0.25) is 14.4 Å². The number of rotatable bonds is 15. The van der Waals surface area contributed by atoms with Crippen molar-refractivity contribution < 1.29 is 14.4 Å². The molecule has 0 aliphatic rings. The molecule has 0 heterocycles. The first-order chi connectivity index (χ1) is 12.6. The van der Waals surface area contributed by atoms with E-state index in [4.69, 9.17) is 0 Å². The molecule has 0 aromatic rings. The molecule has 3 atom stereocenters. The molecule has 4 nitrogen and oxygen atoms in total. The van der Waals surface area contributed by atoms with E-state index >= 15 is 0 Å². The van der Waals surface area contributed by atoms with E-state index in [1.54, 1.807) is 11.9 Å². The highest BCUT2D eigenvalue weighted by molar-refractivity contribution is 5.94. The van der Waals surface area contributed by atoms with Gasteiger partial charge in [0, 0.05) is 24.9 Å². The number of nitrogens with zero attached hydrogens (tertiary/aromatic N) is 1. The van der Waals surface area contributed by atoms with Crippen LogP contribution in [0.4, 0.5) is 0 Å². The molecule has 0 saturated heterocycles. The number of ketones is 2. The summed E-state index contributed by atoms with van der Waals surface area (Å²) in [5, 5.41) is 0. The summed E-state index contributed by atoms with van der Waals surface area (Å²) in [7, 11) is 1.74. The van der Waals surface area contributed by atoms with Crippen LogP contribution in [-0.4, -0.2) is 36.0 Å². The topological polar surface area (TPSA) is 54.5 Å². The molecule has 0 aliphatic carbocycles. The zero-order chi connectivity index (χ0) is 21.0. The number of likely N-dealkylation sites (N-methyl/N-ethyl adjacent to an activating group) is 1. The van der Waals surface area contributed by atoms with Gasteiger partial charge >= 0.3 is 0 Å². The summed E-state index contributed by atoms with van der Waals surface area (Å²) in [5.74, 6) is 0.330. The van der Waals surface area contributed by atoms with Crippen molar-refractivity contribution >= 4 is 17.5 Å². The van der Waals surface area contributed by atoms with Crippen LogP contribution in [0.15, 0.2) is 38.0 Å². The molecule has 0 spiro atoms. The summed E-state index contributed by atoms with van der Waals surface area (Å²) in [6.07, 6.45) is 9.22. The molecule has 0 aromatic carbocycles. The van der Waals surface area contributed by atoms with Gasteiger partial charge in [0.25, 0.3) is 0 Å².